The van der Waals surface area contributed by atoms with Crippen molar-refractivity contribution in [3.8, 4) is 5.75 Å². The summed E-state index contributed by atoms with van der Waals surface area (Å²) in [6.07, 6.45) is 0. The predicted octanol–water partition coefficient (Wildman–Crippen LogP) is 3.88. The fraction of sp³-hybridized carbons (Fsp3) is 0.125. The summed E-state index contributed by atoms with van der Waals surface area (Å²) in [5.74, 6) is -0.0741. The summed E-state index contributed by atoms with van der Waals surface area (Å²) in [4.78, 5) is 11.2. The van der Waals surface area contributed by atoms with E-state index in [1.54, 1.807) is 6.07 Å². The van der Waals surface area contributed by atoms with Crippen LogP contribution < -0.4 is 0 Å². The van der Waals surface area contributed by atoms with Crippen molar-refractivity contribution in [2.24, 2.45) is 0 Å². The van der Waals surface area contributed by atoms with Crippen LogP contribution in [-0.2, 0) is 0 Å². The smallest absolute Gasteiger partial charge is 0.162 e. The van der Waals surface area contributed by atoms with Gasteiger partial charge in [-0.05, 0) is 60.8 Å². The van der Waals surface area contributed by atoms with Crippen molar-refractivity contribution in [1.82, 2.24) is 0 Å². The molecule has 70 valence electrons. The Labute approximate surface area is 101 Å². The molecule has 1 aromatic rings. The molecule has 0 aliphatic carbocycles. The molecule has 0 saturated carbocycles. The van der Waals surface area contributed by atoms with E-state index >= 15 is 0 Å². The number of Topliss-reactive ketones (excluding diaryl/α,β-unsaturated/α-hetero) is 1. The number of phenolic OH excluding ortho intramolecular Hbond substituents is 1. The Morgan fingerprint density at radius 2 is 1.85 bits per heavy atom. The van der Waals surface area contributed by atoms with Crippen LogP contribution in [0.5, 0.6) is 5.75 Å². The molecule has 0 fully saturated rings. The Balaban J connectivity index is 3.53. The molecule has 5 heteroatoms. The first-order valence-corrected chi connectivity index (χ1v) is 5.70. The zero-order valence-corrected chi connectivity index (χ0v) is 11.3. The summed E-state index contributed by atoms with van der Waals surface area (Å²) in [5.41, 5.74) is 0.445. The predicted molar refractivity (Wildman–Crippen MR) is 61.2 cm³/mol. The molecule has 1 aromatic carbocycles. The van der Waals surface area contributed by atoms with Crippen LogP contribution in [0.4, 0.5) is 0 Å². The number of aromatic hydroxyl groups is 1. The number of halogens is 3. The van der Waals surface area contributed by atoms with Gasteiger partial charge >= 0.3 is 0 Å². The molecule has 1 rings (SSSR count). The highest BCUT2D eigenvalue weighted by Crippen LogP contribution is 2.39. The molecule has 0 saturated heterocycles. The highest BCUT2D eigenvalue weighted by Gasteiger charge is 2.16. The third-order valence-corrected chi connectivity index (χ3v) is 3.50. The van der Waals surface area contributed by atoms with Gasteiger partial charge < -0.3 is 5.11 Å². The Hall–Kier alpha value is 0.130. The maximum absolute atomic E-state index is 11.2. The second kappa shape index (κ2) is 4.11. The van der Waals surface area contributed by atoms with Crippen molar-refractivity contribution in [3.63, 3.8) is 0 Å². The number of carbonyl (C=O) groups excluding carboxylic acids is 1. The first-order valence-electron chi connectivity index (χ1n) is 3.32. The maximum Gasteiger partial charge on any atom is 0.162 e. The molecule has 1 N–H and O–H groups in total. The topological polar surface area (TPSA) is 37.3 Å². The molecule has 0 heterocycles. The van der Waals surface area contributed by atoms with Crippen LogP contribution in [0.2, 0.25) is 0 Å². The van der Waals surface area contributed by atoms with Crippen molar-refractivity contribution in [1.29, 1.82) is 0 Å². The normalized spacial score (nSPS) is 10.2. The monoisotopic (exact) mass is 370 g/mol. The summed E-state index contributed by atoms with van der Waals surface area (Å²) >= 11 is 9.55. The molecule has 0 atom stereocenters. The van der Waals surface area contributed by atoms with E-state index in [1.807, 2.05) is 0 Å². The van der Waals surface area contributed by atoms with E-state index in [-0.39, 0.29) is 11.5 Å². The van der Waals surface area contributed by atoms with Crippen molar-refractivity contribution < 1.29 is 9.90 Å². The molecule has 0 aliphatic rings. The minimum atomic E-state index is -0.110. The Bertz CT molecular complexity index is 374. The van der Waals surface area contributed by atoms with Crippen molar-refractivity contribution in [3.05, 3.63) is 25.0 Å². The van der Waals surface area contributed by atoms with Crippen molar-refractivity contribution in [2.45, 2.75) is 6.92 Å². The highest BCUT2D eigenvalue weighted by atomic mass is 79.9. The Kier molecular flexibility index (Phi) is 3.54. The molecule has 0 spiro atoms. The van der Waals surface area contributed by atoms with Gasteiger partial charge in [0, 0.05) is 10.0 Å². The Morgan fingerprint density at radius 1 is 1.31 bits per heavy atom. The molecule has 0 aliphatic heterocycles. The number of phenols is 1. The van der Waals surface area contributed by atoms with Crippen LogP contribution in [0.3, 0.4) is 0 Å². The zero-order valence-electron chi connectivity index (χ0n) is 6.57. The van der Waals surface area contributed by atoms with Gasteiger partial charge in [0.2, 0.25) is 0 Å². The summed E-state index contributed by atoms with van der Waals surface area (Å²) in [6, 6.07) is 1.64. The van der Waals surface area contributed by atoms with E-state index in [0.717, 1.165) is 0 Å². The molecule has 2 nitrogen and oxygen atoms in total. The Morgan fingerprint density at radius 3 is 2.31 bits per heavy atom. The lowest BCUT2D eigenvalue weighted by molar-refractivity contribution is 0.101. The van der Waals surface area contributed by atoms with Gasteiger partial charge in [-0.25, -0.2) is 0 Å². The van der Waals surface area contributed by atoms with E-state index in [9.17, 15) is 9.90 Å². The van der Waals surface area contributed by atoms with Crippen LogP contribution in [0.15, 0.2) is 19.5 Å². The van der Waals surface area contributed by atoms with Gasteiger partial charge in [0.15, 0.2) is 5.78 Å². The van der Waals surface area contributed by atoms with E-state index in [1.165, 1.54) is 6.92 Å². The molecular formula is C8H5Br3O2. The number of ketones is 1. The largest absolute Gasteiger partial charge is 0.506 e. The number of hydrogen-bond donors (Lipinski definition) is 1. The van der Waals surface area contributed by atoms with Crippen molar-refractivity contribution in [2.75, 3.05) is 0 Å². The average Bonchev–Trinajstić information content (AvgIpc) is 1.99. The van der Waals surface area contributed by atoms with Crippen LogP contribution in [0, 0.1) is 0 Å². The van der Waals surface area contributed by atoms with Gasteiger partial charge in [0.05, 0.1) is 8.95 Å². The fourth-order valence-electron chi connectivity index (χ4n) is 0.903. The summed E-state index contributed by atoms with van der Waals surface area (Å²) < 4.78 is 1.59. The third-order valence-electron chi connectivity index (χ3n) is 1.50. The van der Waals surface area contributed by atoms with Crippen LogP contribution in [0.25, 0.3) is 0 Å². The zero-order chi connectivity index (χ0) is 10.2. The lowest BCUT2D eigenvalue weighted by atomic mass is 10.1. The van der Waals surface area contributed by atoms with Crippen LogP contribution in [-0.4, -0.2) is 10.9 Å². The van der Waals surface area contributed by atoms with Gasteiger partial charge in [-0.1, -0.05) is 0 Å². The number of carbonyl (C=O) groups is 1. The maximum atomic E-state index is 11.2. The van der Waals surface area contributed by atoms with E-state index in [4.69, 9.17) is 0 Å². The molecule has 0 radical (unpaired) electrons. The fourth-order valence-corrected chi connectivity index (χ4v) is 3.58. The van der Waals surface area contributed by atoms with Gasteiger partial charge in [0.25, 0.3) is 0 Å². The second-order valence-electron chi connectivity index (χ2n) is 2.43. The number of hydrogen-bond acceptors (Lipinski definition) is 2. The van der Waals surface area contributed by atoms with Gasteiger partial charge in [-0.3, -0.25) is 4.79 Å². The van der Waals surface area contributed by atoms with Gasteiger partial charge in [0.1, 0.15) is 5.75 Å². The second-order valence-corrected chi connectivity index (χ2v) is 4.94. The van der Waals surface area contributed by atoms with E-state index < -0.39 is 0 Å². The molecular weight excluding hydrogens is 368 g/mol. The summed E-state index contributed by atoms with van der Waals surface area (Å²) in [5, 5.41) is 9.49. The molecule has 0 aromatic heterocycles. The van der Waals surface area contributed by atoms with Crippen molar-refractivity contribution >= 4 is 53.6 Å². The molecule has 13 heavy (non-hydrogen) atoms. The van der Waals surface area contributed by atoms with Gasteiger partial charge in [-0.15, -0.1) is 0 Å². The summed E-state index contributed by atoms with van der Waals surface area (Å²) in [7, 11) is 0. The van der Waals surface area contributed by atoms with Crippen LogP contribution in [0.1, 0.15) is 17.3 Å². The lowest BCUT2D eigenvalue weighted by Crippen LogP contribution is -1.96. The highest BCUT2D eigenvalue weighted by molar-refractivity contribution is 9.11. The first-order chi connectivity index (χ1) is 5.95. The standard InChI is InChI=1S/C8H5Br3O2/c1-3(12)6-4(9)2-5(10)8(13)7(6)11/h2,13H,1H3. The van der Waals surface area contributed by atoms with Gasteiger partial charge in [-0.2, -0.15) is 0 Å². The summed E-state index contributed by atoms with van der Waals surface area (Å²) in [6.45, 7) is 1.44. The SMILES string of the molecule is CC(=O)c1c(Br)cc(Br)c(O)c1Br. The first kappa shape index (κ1) is 11.2. The third kappa shape index (κ3) is 2.14. The quantitative estimate of drug-likeness (QED) is 0.759. The van der Waals surface area contributed by atoms with E-state index in [2.05, 4.69) is 47.8 Å². The molecule has 0 unspecified atom stereocenters. The average molecular weight is 373 g/mol. The minimum Gasteiger partial charge on any atom is -0.506 e. The molecule has 0 amide bonds. The van der Waals surface area contributed by atoms with E-state index in [0.29, 0.717) is 19.0 Å². The molecule has 0 bridgehead atoms. The number of rotatable bonds is 1. The lowest BCUT2D eigenvalue weighted by Gasteiger charge is -2.07. The number of benzene rings is 1. The minimum absolute atomic E-state index is 0.0356. The van der Waals surface area contributed by atoms with Crippen LogP contribution >= 0.6 is 47.8 Å².